The predicted molar refractivity (Wildman–Crippen MR) is 75.7 cm³/mol. The number of aromatic nitrogens is 4. The molecule has 0 aliphatic heterocycles. The van der Waals surface area contributed by atoms with E-state index in [1.54, 1.807) is 10.7 Å². The van der Waals surface area contributed by atoms with E-state index in [0.29, 0.717) is 11.1 Å². The first-order chi connectivity index (χ1) is 9.69. The Hall–Kier alpha value is -1.34. The zero-order chi connectivity index (χ0) is 14.4. The summed E-state index contributed by atoms with van der Waals surface area (Å²) in [6.07, 6.45) is 5.53. The predicted octanol–water partition coefficient (Wildman–Crippen LogP) is 2.33. The molecule has 0 saturated heterocycles. The van der Waals surface area contributed by atoms with Crippen LogP contribution < -0.4 is 0 Å². The second-order valence-electron chi connectivity index (χ2n) is 4.53. The lowest BCUT2D eigenvalue weighted by Gasteiger charge is -2.03. The molecule has 0 aliphatic rings. The molecule has 0 saturated carbocycles. The van der Waals surface area contributed by atoms with Gasteiger partial charge in [-0.25, -0.2) is 9.67 Å². The van der Waals surface area contributed by atoms with Crippen LogP contribution in [0.25, 0.3) is 0 Å². The average molecular weight is 343 g/mol. The Balaban J connectivity index is 1.92. The number of hydrogen-bond donors (Lipinski definition) is 1. The molecule has 0 atom stereocenters. The maximum absolute atomic E-state index is 12.9. The van der Waals surface area contributed by atoms with Gasteiger partial charge in [-0.3, -0.25) is 0 Å². The second-order valence-corrected chi connectivity index (χ2v) is 5.28. The number of aliphatic hydroxyl groups is 1. The van der Waals surface area contributed by atoms with E-state index in [1.165, 1.54) is 6.07 Å². The van der Waals surface area contributed by atoms with E-state index in [4.69, 9.17) is 5.11 Å². The summed E-state index contributed by atoms with van der Waals surface area (Å²) >= 11 is 3.23. The van der Waals surface area contributed by atoms with E-state index in [-0.39, 0.29) is 6.61 Å². The zero-order valence-corrected chi connectivity index (χ0v) is 12.6. The smallest absolute Gasteiger partial charge is 0.213 e. The molecular formula is C13H16BrFN4O. The quantitative estimate of drug-likeness (QED) is 0.619. The number of pyridine rings is 1. The van der Waals surface area contributed by atoms with E-state index in [1.807, 2.05) is 6.20 Å². The first-order valence-corrected chi connectivity index (χ1v) is 7.29. The molecule has 5 nitrogen and oxygen atoms in total. The minimum atomic E-state index is -0.510. The van der Waals surface area contributed by atoms with Gasteiger partial charge in [0.25, 0.3) is 0 Å². The van der Waals surface area contributed by atoms with Crippen LogP contribution in [0.3, 0.4) is 0 Å². The summed E-state index contributed by atoms with van der Waals surface area (Å²) in [6, 6.07) is 3.00. The summed E-state index contributed by atoms with van der Waals surface area (Å²) in [4.78, 5) is 3.71. The molecule has 2 rings (SSSR count). The Kier molecular flexibility index (Phi) is 5.60. The fourth-order valence-corrected chi connectivity index (χ4v) is 2.29. The lowest BCUT2D eigenvalue weighted by molar-refractivity contribution is 0.283. The highest BCUT2D eigenvalue weighted by molar-refractivity contribution is 9.10. The molecule has 20 heavy (non-hydrogen) atoms. The van der Waals surface area contributed by atoms with Gasteiger partial charge in [0.05, 0.1) is 12.2 Å². The molecule has 0 spiro atoms. The largest absolute Gasteiger partial charge is 0.396 e. The minimum absolute atomic E-state index is 0.234. The molecule has 0 amide bonds. The Morgan fingerprint density at radius 2 is 2.10 bits per heavy atom. The fraction of sp³-hybridized carbons (Fsp3) is 0.462. The normalized spacial score (nSPS) is 10.9. The van der Waals surface area contributed by atoms with Gasteiger partial charge in [0.15, 0.2) is 0 Å². The molecule has 1 N–H and O–H groups in total. The topological polar surface area (TPSA) is 63.8 Å². The van der Waals surface area contributed by atoms with Gasteiger partial charge in [-0.2, -0.15) is 4.39 Å². The number of aryl methyl sites for hydroxylation is 1. The summed E-state index contributed by atoms with van der Waals surface area (Å²) in [5.41, 5.74) is 1.78. The monoisotopic (exact) mass is 342 g/mol. The molecule has 2 aromatic heterocycles. The number of aliphatic hydroxyl groups excluding tert-OH is 1. The molecule has 0 fully saturated rings. The van der Waals surface area contributed by atoms with Crippen LogP contribution in [0.15, 0.2) is 22.9 Å². The summed E-state index contributed by atoms with van der Waals surface area (Å²) < 4.78 is 15.1. The fourth-order valence-electron chi connectivity index (χ4n) is 1.86. The Morgan fingerprint density at radius 3 is 2.85 bits per heavy atom. The van der Waals surface area contributed by atoms with E-state index in [0.717, 1.165) is 36.9 Å². The Labute approximate surface area is 125 Å². The number of unbranched alkanes of at least 4 members (excludes halogenated alkanes) is 2. The number of halogens is 2. The van der Waals surface area contributed by atoms with Crippen molar-refractivity contribution in [2.75, 3.05) is 6.61 Å². The van der Waals surface area contributed by atoms with Crippen LogP contribution >= 0.6 is 15.9 Å². The van der Waals surface area contributed by atoms with E-state index < -0.39 is 5.95 Å². The number of hydrogen-bond acceptors (Lipinski definition) is 4. The van der Waals surface area contributed by atoms with Crippen LogP contribution in [-0.4, -0.2) is 31.7 Å². The van der Waals surface area contributed by atoms with E-state index in [9.17, 15) is 4.39 Å². The van der Waals surface area contributed by atoms with E-state index >= 15 is 0 Å². The first kappa shape index (κ1) is 15.1. The lowest BCUT2D eigenvalue weighted by atomic mass is 10.2. The minimum Gasteiger partial charge on any atom is -0.396 e. The standard InChI is InChI=1S/C13H16BrFN4O/c14-13-10(5-6-12(15)16-13)8-19-9-11(17-18-19)4-2-1-3-7-20/h5-6,9,20H,1-4,7-8H2. The molecule has 0 bridgehead atoms. The third-order valence-corrected chi connectivity index (χ3v) is 3.59. The third-order valence-electron chi connectivity index (χ3n) is 2.90. The Bertz CT molecular complexity index is 561. The molecule has 108 valence electrons. The average Bonchev–Trinajstić information content (AvgIpc) is 2.86. The molecule has 0 radical (unpaired) electrons. The van der Waals surface area contributed by atoms with Crippen LogP contribution in [0.4, 0.5) is 4.39 Å². The van der Waals surface area contributed by atoms with Crippen molar-refractivity contribution in [3.05, 3.63) is 40.1 Å². The van der Waals surface area contributed by atoms with Crippen LogP contribution in [0.1, 0.15) is 30.5 Å². The molecule has 2 heterocycles. The van der Waals surface area contributed by atoms with Gasteiger partial charge in [-0.1, -0.05) is 11.6 Å². The summed E-state index contributed by atoms with van der Waals surface area (Å²) in [7, 11) is 0. The first-order valence-electron chi connectivity index (χ1n) is 6.50. The molecule has 0 aromatic carbocycles. The van der Waals surface area contributed by atoms with Crippen molar-refractivity contribution in [3.63, 3.8) is 0 Å². The van der Waals surface area contributed by atoms with Crippen LogP contribution in [0, 0.1) is 5.95 Å². The maximum atomic E-state index is 12.9. The van der Waals surface area contributed by atoms with Gasteiger partial charge < -0.3 is 5.11 Å². The van der Waals surface area contributed by atoms with Gasteiger partial charge >= 0.3 is 0 Å². The zero-order valence-electron chi connectivity index (χ0n) is 11.0. The van der Waals surface area contributed by atoms with Gasteiger partial charge in [0.2, 0.25) is 5.95 Å². The van der Waals surface area contributed by atoms with Gasteiger partial charge in [0, 0.05) is 18.4 Å². The third kappa shape index (κ3) is 4.35. The molecular weight excluding hydrogens is 327 g/mol. The van der Waals surface area contributed by atoms with Crippen molar-refractivity contribution in [1.82, 2.24) is 20.0 Å². The van der Waals surface area contributed by atoms with Gasteiger partial charge in [-0.15, -0.1) is 5.10 Å². The summed E-state index contributed by atoms with van der Waals surface area (Å²) in [5, 5.41) is 16.9. The van der Waals surface area contributed by atoms with Crippen LogP contribution in [0.2, 0.25) is 0 Å². The van der Waals surface area contributed by atoms with Gasteiger partial charge in [-0.05, 0) is 47.3 Å². The van der Waals surface area contributed by atoms with Crippen LogP contribution in [0.5, 0.6) is 0 Å². The number of rotatable bonds is 7. The van der Waals surface area contributed by atoms with E-state index in [2.05, 4.69) is 31.2 Å². The highest BCUT2D eigenvalue weighted by Crippen LogP contribution is 2.15. The van der Waals surface area contributed by atoms with Crippen LogP contribution in [-0.2, 0) is 13.0 Å². The van der Waals surface area contributed by atoms with Crippen molar-refractivity contribution < 1.29 is 9.50 Å². The maximum Gasteiger partial charge on any atom is 0.213 e. The van der Waals surface area contributed by atoms with Crippen molar-refractivity contribution >= 4 is 15.9 Å². The SMILES string of the molecule is OCCCCCc1cn(Cc2ccc(F)nc2Br)nn1. The van der Waals surface area contributed by atoms with Crippen molar-refractivity contribution in [2.24, 2.45) is 0 Å². The summed E-state index contributed by atoms with van der Waals surface area (Å²) in [5.74, 6) is -0.510. The highest BCUT2D eigenvalue weighted by atomic mass is 79.9. The molecule has 7 heteroatoms. The molecule has 0 aliphatic carbocycles. The molecule has 0 unspecified atom stereocenters. The van der Waals surface area contributed by atoms with Gasteiger partial charge in [0.1, 0.15) is 4.60 Å². The van der Waals surface area contributed by atoms with Crippen molar-refractivity contribution in [3.8, 4) is 0 Å². The number of nitrogens with zero attached hydrogens (tertiary/aromatic N) is 4. The Morgan fingerprint density at radius 1 is 1.25 bits per heavy atom. The summed E-state index contributed by atoms with van der Waals surface area (Å²) in [6.45, 7) is 0.732. The van der Waals surface area contributed by atoms with Crippen molar-refractivity contribution in [1.29, 1.82) is 0 Å². The second kappa shape index (κ2) is 7.44. The van der Waals surface area contributed by atoms with Crippen molar-refractivity contribution in [2.45, 2.75) is 32.2 Å². The highest BCUT2D eigenvalue weighted by Gasteiger charge is 2.06. The lowest BCUT2D eigenvalue weighted by Crippen LogP contribution is -2.02. The molecule has 2 aromatic rings.